The van der Waals surface area contributed by atoms with Gasteiger partial charge >= 0.3 is 0 Å². The smallest absolute Gasteiger partial charge is 0.00411 e. The first kappa shape index (κ1) is 8.96. The summed E-state index contributed by atoms with van der Waals surface area (Å²) in [5.41, 5.74) is 5.75. The molecule has 0 heterocycles. The van der Waals surface area contributed by atoms with Crippen LogP contribution in [-0.2, 0) is 0 Å². The molecule has 0 bridgehead atoms. The molecule has 0 fully saturated rings. The molecule has 0 amide bonds. The molecule has 0 unspecified atom stereocenters. The maximum Gasteiger partial charge on any atom is 0.00411 e. The number of nitrogens with two attached hydrogens (primary N) is 1. The van der Waals surface area contributed by atoms with E-state index in [1.54, 1.807) is 0 Å². The highest BCUT2D eigenvalue weighted by atomic mass is 14.6. The number of rotatable bonds is 3. The largest absolute Gasteiger partial charge is 0.328 e. The quantitative estimate of drug-likeness (QED) is 0.620. The molecule has 56 valence electrons. The Balaban J connectivity index is 3.68. The van der Waals surface area contributed by atoms with Crippen molar-refractivity contribution in [2.75, 3.05) is 0 Å². The van der Waals surface area contributed by atoms with Gasteiger partial charge in [0.2, 0.25) is 0 Å². The van der Waals surface area contributed by atoms with Crippen LogP contribution in [-0.4, -0.2) is 6.04 Å². The van der Waals surface area contributed by atoms with Gasteiger partial charge in [0.05, 0.1) is 0 Å². The molecule has 0 aliphatic rings. The Kier molecular flexibility index (Phi) is 3.87. The summed E-state index contributed by atoms with van der Waals surface area (Å²) in [4.78, 5) is 0. The normalized spacial score (nSPS) is 18.0. The third-order valence-electron chi connectivity index (χ3n) is 2.00. The van der Waals surface area contributed by atoms with Crippen LogP contribution >= 0.6 is 0 Å². The Labute approximate surface area is 58.6 Å². The molecule has 0 aliphatic carbocycles. The fourth-order valence-electron chi connectivity index (χ4n) is 1.45. The minimum atomic E-state index is 0.356. The highest BCUT2D eigenvalue weighted by molar-refractivity contribution is 4.69. The van der Waals surface area contributed by atoms with Crippen LogP contribution in [0.3, 0.4) is 0 Å². The third kappa shape index (κ3) is 2.85. The van der Waals surface area contributed by atoms with Crippen molar-refractivity contribution in [1.29, 1.82) is 0 Å². The predicted molar refractivity (Wildman–Crippen MR) is 42.3 cm³/mol. The zero-order chi connectivity index (χ0) is 7.44. The summed E-state index contributed by atoms with van der Waals surface area (Å²) in [6, 6.07) is 0.356. The van der Waals surface area contributed by atoms with E-state index in [0.29, 0.717) is 12.0 Å². The molecule has 2 N–H and O–H groups in total. The van der Waals surface area contributed by atoms with Crippen LogP contribution in [0.15, 0.2) is 0 Å². The van der Waals surface area contributed by atoms with Crippen molar-refractivity contribution < 1.29 is 0 Å². The molecule has 0 aromatic carbocycles. The second kappa shape index (κ2) is 3.89. The van der Waals surface area contributed by atoms with Crippen molar-refractivity contribution in [3.63, 3.8) is 0 Å². The first-order chi connectivity index (χ1) is 4.09. The molecular weight excluding hydrogens is 110 g/mol. The molecule has 0 aromatic rings. The summed E-state index contributed by atoms with van der Waals surface area (Å²) in [5, 5.41) is 0. The molecule has 0 saturated carbocycles. The van der Waals surface area contributed by atoms with Gasteiger partial charge in [0.15, 0.2) is 0 Å². The molecule has 2 atom stereocenters. The molecule has 0 spiro atoms. The van der Waals surface area contributed by atoms with E-state index in [0.717, 1.165) is 5.92 Å². The molecule has 1 nitrogen and oxygen atoms in total. The second-order valence-electron chi connectivity index (χ2n) is 3.18. The van der Waals surface area contributed by atoms with E-state index in [9.17, 15) is 0 Å². The standard InChI is InChI=1S/C8H19N/c1-5-8(6(2)3)7(4)9/h6-8H,5,9H2,1-4H3/t7-,8-/m0/s1. The van der Waals surface area contributed by atoms with Gasteiger partial charge in [-0.2, -0.15) is 0 Å². The van der Waals surface area contributed by atoms with Crippen LogP contribution in [0.1, 0.15) is 34.1 Å². The van der Waals surface area contributed by atoms with Crippen molar-refractivity contribution >= 4 is 0 Å². The van der Waals surface area contributed by atoms with Crippen molar-refractivity contribution in [3.05, 3.63) is 0 Å². The van der Waals surface area contributed by atoms with Gasteiger partial charge < -0.3 is 5.73 Å². The Morgan fingerprint density at radius 2 is 1.67 bits per heavy atom. The van der Waals surface area contributed by atoms with Crippen LogP contribution in [0.2, 0.25) is 0 Å². The lowest BCUT2D eigenvalue weighted by Crippen LogP contribution is -2.29. The summed E-state index contributed by atoms with van der Waals surface area (Å²) in [5.74, 6) is 1.43. The molecule has 0 radical (unpaired) electrons. The molecule has 1 heteroatoms. The maximum absolute atomic E-state index is 5.75. The van der Waals surface area contributed by atoms with Gasteiger partial charge in [-0.1, -0.05) is 27.2 Å². The van der Waals surface area contributed by atoms with Gasteiger partial charge in [-0.15, -0.1) is 0 Å². The monoisotopic (exact) mass is 129 g/mol. The summed E-state index contributed by atoms with van der Waals surface area (Å²) >= 11 is 0. The van der Waals surface area contributed by atoms with E-state index in [-0.39, 0.29) is 0 Å². The van der Waals surface area contributed by atoms with E-state index < -0.39 is 0 Å². The zero-order valence-corrected chi connectivity index (χ0v) is 7.02. The van der Waals surface area contributed by atoms with E-state index in [1.165, 1.54) is 6.42 Å². The SMILES string of the molecule is CC[C@@H](C(C)C)[C@H](C)N. The molecule has 0 saturated heterocycles. The summed E-state index contributed by atoms with van der Waals surface area (Å²) < 4.78 is 0. The van der Waals surface area contributed by atoms with Crippen molar-refractivity contribution in [2.45, 2.75) is 40.2 Å². The summed E-state index contributed by atoms with van der Waals surface area (Å²) in [7, 11) is 0. The topological polar surface area (TPSA) is 26.0 Å². The van der Waals surface area contributed by atoms with Gasteiger partial charge in [0, 0.05) is 6.04 Å². The van der Waals surface area contributed by atoms with Gasteiger partial charge in [0.25, 0.3) is 0 Å². The van der Waals surface area contributed by atoms with Crippen molar-refractivity contribution in [3.8, 4) is 0 Å². The van der Waals surface area contributed by atoms with Crippen LogP contribution in [0.4, 0.5) is 0 Å². The van der Waals surface area contributed by atoms with Crippen LogP contribution in [0.25, 0.3) is 0 Å². The second-order valence-corrected chi connectivity index (χ2v) is 3.18. The van der Waals surface area contributed by atoms with Gasteiger partial charge in [-0.25, -0.2) is 0 Å². The van der Waals surface area contributed by atoms with Crippen LogP contribution < -0.4 is 5.73 Å². The maximum atomic E-state index is 5.75. The van der Waals surface area contributed by atoms with E-state index in [4.69, 9.17) is 5.73 Å². The highest BCUT2D eigenvalue weighted by Gasteiger charge is 2.14. The Morgan fingerprint density at radius 1 is 1.22 bits per heavy atom. The predicted octanol–water partition coefficient (Wildman–Crippen LogP) is 2.02. The molecule has 9 heavy (non-hydrogen) atoms. The van der Waals surface area contributed by atoms with Crippen LogP contribution in [0, 0.1) is 11.8 Å². The fraction of sp³-hybridized carbons (Fsp3) is 1.00. The first-order valence-corrected chi connectivity index (χ1v) is 3.85. The highest BCUT2D eigenvalue weighted by Crippen LogP contribution is 2.16. The average Bonchev–Trinajstić information content (AvgIpc) is 1.64. The summed E-state index contributed by atoms with van der Waals surface area (Å²) in [6.07, 6.45) is 1.20. The number of hydrogen-bond acceptors (Lipinski definition) is 1. The average molecular weight is 129 g/mol. The van der Waals surface area contributed by atoms with E-state index in [1.807, 2.05) is 0 Å². The Bertz CT molecular complexity index is 59.0. The molecule has 0 aromatic heterocycles. The molecular formula is C8H19N. The van der Waals surface area contributed by atoms with Crippen molar-refractivity contribution in [2.24, 2.45) is 17.6 Å². The minimum absolute atomic E-state index is 0.356. The lowest BCUT2D eigenvalue weighted by molar-refractivity contribution is 0.322. The van der Waals surface area contributed by atoms with Gasteiger partial charge in [-0.05, 0) is 18.8 Å². The van der Waals surface area contributed by atoms with E-state index >= 15 is 0 Å². The Hall–Kier alpha value is -0.0400. The third-order valence-corrected chi connectivity index (χ3v) is 2.00. The molecule has 0 rings (SSSR count). The van der Waals surface area contributed by atoms with E-state index in [2.05, 4.69) is 27.7 Å². The van der Waals surface area contributed by atoms with Crippen molar-refractivity contribution in [1.82, 2.24) is 0 Å². The Morgan fingerprint density at radius 3 is 1.67 bits per heavy atom. The summed E-state index contributed by atoms with van der Waals surface area (Å²) in [6.45, 7) is 8.76. The fourth-order valence-corrected chi connectivity index (χ4v) is 1.45. The van der Waals surface area contributed by atoms with Gasteiger partial charge in [-0.3, -0.25) is 0 Å². The minimum Gasteiger partial charge on any atom is -0.328 e. The first-order valence-electron chi connectivity index (χ1n) is 3.85. The lowest BCUT2D eigenvalue weighted by Gasteiger charge is -2.22. The number of hydrogen-bond donors (Lipinski definition) is 1. The molecule has 0 aliphatic heterocycles. The lowest BCUT2D eigenvalue weighted by atomic mass is 9.88. The van der Waals surface area contributed by atoms with Gasteiger partial charge in [0.1, 0.15) is 0 Å². The zero-order valence-electron chi connectivity index (χ0n) is 7.02. The van der Waals surface area contributed by atoms with Crippen LogP contribution in [0.5, 0.6) is 0 Å².